The molecule has 2 fully saturated rings. The first-order valence-electron chi connectivity index (χ1n) is 10.3. The topological polar surface area (TPSA) is 74.8 Å². The molecular weight excluding hydrogens is 407 g/mol. The highest BCUT2D eigenvalue weighted by atomic mass is 32.2. The Bertz CT molecular complexity index is 941. The molecule has 9 heteroatoms. The normalized spacial score (nSPS) is 19.2. The van der Waals surface area contributed by atoms with Gasteiger partial charge in [-0.2, -0.15) is 0 Å². The summed E-state index contributed by atoms with van der Waals surface area (Å²) in [6.07, 6.45) is 2.86. The zero-order valence-electron chi connectivity index (χ0n) is 16.8. The number of morpholine rings is 1. The number of halogens is 1. The molecule has 2 aromatic rings. The number of piperidine rings is 1. The minimum absolute atomic E-state index is 0.113. The molecule has 0 amide bonds. The van der Waals surface area contributed by atoms with E-state index in [9.17, 15) is 12.8 Å². The summed E-state index contributed by atoms with van der Waals surface area (Å²) in [5.74, 6) is 0.534. The second-order valence-electron chi connectivity index (χ2n) is 7.75. The Morgan fingerprint density at radius 1 is 1.10 bits per heavy atom. The monoisotopic (exact) mass is 434 g/mol. The Labute approximate surface area is 176 Å². The summed E-state index contributed by atoms with van der Waals surface area (Å²) in [6.45, 7) is 5.01. The van der Waals surface area contributed by atoms with Gasteiger partial charge in [-0.05, 0) is 42.7 Å². The van der Waals surface area contributed by atoms with Crippen molar-refractivity contribution < 1.29 is 17.5 Å². The van der Waals surface area contributed by atoms with E-state index in [2.05, 4.69) is 19.5 Å². The van der Waals surface area contributed by atoms with Gasteiger partial charge in [-0.3, -0.25) is 4.90 Å². The number of rotatable bonds is 6. The highest BCUT2D eigenvalue weighted by Gasteiger charge is 2.25. The van der Waals surface area contributed by atoms with Crippen LogP contribution in [0.1, 0.15) is 18.4 Å². The van der Waals surface area contributed by atoms with Crippen molar-refractivity contribution in [2.24, 2.45) is 0 Å². The molecule has 7 nitrogen and oxygen atoms in total. The van der Waals surface area contributed by atoms with Crippen molar-refractivity contribution in [1.29, 1.82) is 0 Å². The van der Waals surface area contributed by atoms with Crippen LogP contribution in [0, 0.1) is 5.82 Å². The van der Waals surface area contributed by atoms with Crippen molar-refractivity contribution >= 4 is 15.8 Å². The maximum atomic E-state index is 13.4. The molecular formula is C21H27FN4O3S. The van der Waals surface area contributed by atoms with E-state index in [0.717, 1.165) is 37.6 Å². The predicted octanol–water partition coefficient (Wildman–Crippen LogP) is 2.00. The van der Waals surface area contributed by atoms with Gasteiger partial charge in [0.15, 0.2) is 0 Å². The van der Waals surface area contributed by atoms with Gasteiger partial charge in [0.2, 0.25) is 10.0 Å². The summed E-state index contributed by atoms with van der Waals surface area (Å²) in [5.41, 5.74) is 0.931. The Kier molecular flexibility index (Phi) is 6.62. The Morgan fingerprint density at radius 2 is 1.87 bits per heavy atom. The average molecular weight is 435 g/mol. The van der Waals surface area contributed by atoms with Crippen LogP contribution in [0.4, 0.5) is 10.2 Å². The van der Waals surface area contributed by atoms with Gasteiger partial charge in [0.1, 0.15) is 16.5 Å². The van der Waals surface area contributed by atoms with Crippen LogP contribution in [0.5, 0.6) is 0 Å². The van der Waals surface area contributed by atoms with Crippen molar-refractivity contribution in [3.05, 3.63) is 54.0 Å². The third-order valence-corrected chi connectivity index (χ3v) is 7.08. The van der Waals surface area contributed by atoms with Gasteiger partial charge in [0.25, 0.3) is 0 Å². The van der Waals surface area contributed by atoms with Crippen LogP contribution in [-0.2, 0) is 21.3 Å². The van der Waals surface area contributed by atoms with Crippen LogP contribution in [0.25, 0.3) is 0 Å². The molecule has 1 aromatic carbocycles. The molecule has 0 spiro atoms. The van der Waals surface area contributed by atoms with Crippen LogP contribution >= 0.6 is 0 Å². The van der Waals surface area contributed by atoms with Gasteiger partial charge in [-0.15, -0.1) is 0 Å². The fourth-order valence-electron chi connectivity index (χ4n) is 3.90. The van der Waals surface area contributed by atoms with Crippen molar-refractivity contribution in [2.75, 3.05) is 44.3 Å². The molecule has 0 atom stereocenters. The zero-order valence-corrected chi connectivity index (χ0v) is 17.7. The van der Waals surface area contributed by atoms with Gasteiger partial charge in [0, 0.05) is 45.0 Å². The molecule has 162 valence electrons. The lowest BCUT2D eigenvalue weighted by Crippen LogP contribution is -2.44. The van der Waals surface area contributed by atoms with E-state index in [1.165, 1.54) is 12.3 Å². The van der Waals surface area contributed by atoms with Crippen molar-refractivity contribution in [1.82, 2.24) is 14.6 Å². The first-order chi connectivity index (χ1) is 14.5. The minimum atomic E-state index is -3.61. The summed E-state index contributed by atoms with van der Waals surface area (Å²) in [4.78, 5) is 8.83. The fraction of sp³-hybridized carbons (Fsp3) is 0.476. The first kappa shape index (κ1) is 21.2. The quantitative estimate of drug-likeness (QED) is 0.750. The van der Waals surface area contributed by atoms with Crippen molar-refractivity contribution in [3.63, 3.8) is 0 Å². The van der Waals surface area contributed by atoms with Gasteiger partial charge >= 0.3 is 0 Å². The van der Waals surface area contributed by atoms with E-state index >= 15 is 0 Å². The molecule has 4 rings (SSSR count). The van der Waals surface area contributed by atoms with Crippen molar-refractivity contribution in [3.8, 4) is 0 Å². The Hall–Kier alpha value is -2.07. The number of benzene rings is 1. The van der Waals surface area contributed by atoms with E-state index in [4.69, 9.17) is 4.74 Å². The Balaban J connectivity index is 1.30. The smallest absolute Gasteiger partial charge is 0.242 e. The van der Waals surface area contributed by atoms with Crippen LogP contribution < -0.4 is 9.62 Å². The van der Waals surface area contributed by atoms with Gasteiger partial charge < -0.3 is 9.64 Å². The summed E-state index contributed by atoms with van der Waals surface area (Å²) in [7, 11) is -3.61. The highest BCUT2D eigenvalue weighted by molar-refractivity contribution is 7.89. The summed E-state index contributed by atoms with van der Waals surface area (Å²) < 4.78 is 47.0. The number of hydrogen-bond donors (Lipinski definition) is 1. The number of aromatic nitrogens is 1. The molecule has 0 aliphatic carbocycles. The van der Waals surface area contributed by atoms with E-state index in [1.807, 2.05) is 6.07 Å². The maximum absolute atomic E-state index is 13.4. The molecule has 0 unspecified atom stereocenters. The molecule has 0 saturated carbocycles. The van der Waals surface area contributed by atoms with Gasteiger partial charge in [-0.25, -0.2) is 22.5 Å². The standard InChI is InChI=1S/C21H27FN4O3S/c22-18-3-1-2-17(14-18)16-25-8-6-19(7-9-25)24-30(27,28)20-4-5-21(23-15-20)26-10-12-29-13-11-26/h1-5,14-15,19,24H,6-13,16H2. The maximum Gasteiger partial charge on any atom is 0.242 e. The third kappa shape index (κ3) is 5.34. The third-order valence-electron chi connectivity index (χ3n) is 5.57. The van der Waals surface area contributed by atoms with Crippen LogP contribution in [0.2, 0.25) is 0 Å². The number of sulfonamides is 1. The van der Waals surface area contributed by atoms with E-state index < -0.39 is 10.0 Å². The minimum Gasteiger partial charge on any atom is -0.378 e. The van der Waals surface area contributed by atoms with Crippen molar-refractivity contribution in [2.45, 2.75) is 30.3 Å². The lowest BCUT2D eigenvalue weighted by atomic mass is 10.1. The van der Waals surface area contributed by atoms with E-state index in [1.54, 1.807) is 24.3 Å². The summed E-state index contributed by atoms with van der Waals surface area (Å²) >= 11 is 0. The molecule has 3 heterocycles. The lowest BCUT2D eigenvalue weighted by molar-refractivity contribution is 0.122. The largest absolute Gasteiger partial charge is 0.378 e. The molecule has 2 aliphatic rings. The molecule has 2 aliphatic heterocycles. The highest BCUT2D eigenvalue weighted by Crippen LogP contribution is 2.19. The molecule has 2 saturated heterocycles. The Morgan fingerprint density at radius 3 is 2.53 bits per heavy atom. The number of ether oxygens (including phenoxy) is 1. The number of anilines is 1. The van der Waals surface area contributed by atoms with E-state index in [0.29, 0.717) is 32.6 Å². The zero-order chi connectivity index (χ0) is 21.0. The van der Waals surface area contributed by atoms with Crippen LogP contribution in [-0.4, -0.2) is 63.7 Å². The summed E-state index contributed by atoms with van der Waals surface area (Å²) in [6, 6.07) is 9.85. The molecule has 1 aromatic heterocycles. The number of likely N-dealkylation sites (tertiary alicyclic amines) is 1. The average Bonchev–Trinajstić information content (AvgIpc) is 2.76. The number of hydrogen-bond acceptors (Lipinski definition) is 6. The number of nitrogens with zero attached hydrogens (tertiary/aromatic N) is 3. The molecule has 1 N–H and O–H groups in total. The molecule has 30 heavy (non-hydrogen) atoms. The molecule has 0 bridgehead atoms. The number of nitrogens with one attached hydrogen (secondary N) is 1. The predicted molar refractivity (Wildman–Crippen MR) is 112 cm³/mol. The van der Waals surface area contributed by atoms with Gasteiger partial charge in [-0.1, -0.05) is 12.1 Å². The fourth-order valence-corrected chi connectivity index (χ4v) is 5.15. The van der Waals surface area contributed by atoms with Crippen LogP contribution in [0.15, 0.2) is 47.5 Å². The first-order valence-corrected chi connectivity index (χ1v) is 11.8. The number of pyridine rings is 1. The van der Waals surface area contributed by atoms with Crippen LogP contribution in [0.3, 0.4) is 0 Å². The van der Waals surface area contributed by atoms with E-state index in [-0.39, 0.29) is 16.8 Å². The SMILES string of the molecule is O=S(=O)(NC1CCN(Cc2cccc(F)c2)CC1)c1ccc(N2CCOCC2)nc1. The second-order valence-corrected chi connectivity index (χ2v) is 9.47. The lowest BCUT2D eigenvalue weighted by Gasteiger charge is -2.32. The van der Waals surface area contributed by atoms with Gasteiger partial charge in [0.05, 0.1) is 13.2 Å². The molecule has 0 radical (unpaired) electrons. The summed E-state index contributed by atoms with van der Waals surface area (Å²) in [5, 5.41) is 0. The second kappa shape index (κ2) is 9.38.